The summed E-state index contributed by atoms with van der Waals surface area (Å²) in [5, 5.41) is 8.96. The van der Waals surface area contributed by atoms with E-state index in [-0.39, 0.29) is 23.7 Å². The van der Waals surface area contributed by atoms with E-state index in [1.54, 1.807) is 13.2 Å². The zero-order valence-electron chi connectivity index (χ0n) is 22.6. The summed E-state index contributed by atoms with van der Waals surface area (Å²) in [5.41, 5.74) is 8.08. The monoisotopic (exact) mass is 493 g/mol. The molecule has 0 aliphatic carbocycles. The Hall–Kier alpha value is -2.86. The van der Waals surface area contributed by atoms with Crippen LogP contribution in [0.25, 0.3) is 0 Å². The fourth-order valence-corrected chi connectivity index (χ4v) is 5.11. The van der Waals surface area contributed by atoms with Gasteiger partial charge in [0.2, 0.25) is 0 Å². The fraction of sp³-hybridized carbons (Fsp3) is 0.533. The van der Waals surface area contributed by atoms with Crippen LogP contribution in [0, 0.1) is 11.3 Å². The lowest BCUT2D eigenvalue weighted by Crippen LogP contribution is -2.32. The third kappa shape index (κ3) is 6.47. The van der Waals surface area contributed by atoms with Gasteiger partial charge >= 0.3 is 0 Å². The molecule has 3 N–H and O–H groups in total. The number of likely N-dealkylation sites (tertiary alicyclic amines) is 1. The first kappa shape index (κ1) is 27.7. The van der Waals surface area contributed by atoms with Crippen LogP contribution < -0.4 is 15.2 Å². The first-order valence-electron chi connectivity index (χ1n) is 13.2. The lowest BCUT2D eigenvalue weighted by molar-refractivity contribution is 0.0962. The van der Waals surface area contributed by atoms with Crippen LogP contribution in [0.3, 0.4) is 0 Å². The Morgan fingerprint density at radius 1 is 1.17 bits per heavy atom. The normalized spacial score (nSPS) is 17.9. The van der Waals surface area contributed by atoms with Crippen molar-refractivity contribution in [1.29, 1.82) is 5.41 Å². The highest BCUT2D eigenvalue weighted by Crippen LogP contribution is 2.41. The van der Waals surface area contributed by atoms with Crippen LogP contribution in [0.1, 0.15) is 80.8 Å². The molecule has 0 radical (unpaired) electrons. The number of rotatable bonds is 12. The number of Topliss-reactive ketones (excluding diaryl/α,β-unsaturated/α-hetero) is 1. The molecule has 3 rings (SSSR count). The van der Waals surface area contributed by atoms with Gasteiger partial charge in [0.15, 0.2) is 17.3 Å². The maximum atomic E-state index is 13.6. The Morgan fingerprint density at radius 3 is 2.50 bits per heavy atom. The number of unbranched alkanes of at least 4 members (excludes halogenated alkanes) is 1. The second-order valence-electron chi connectivity index (χ2n) is 10.8. The van der Waals surface area contributed by atoms with Crippen LogP contribution in [0.15, 0.2) is 42.5 Å². The molecule has 196 valence electrons. The summed E-state index contributed by atoms with van der Waals surface area (Å²) < 4.78 is 11.8. The first-order valence-corrected chi connectivity index (χ1v) is 13.2. The van der Waals surface area contributed by atoms with Crippen LogP contribution in [-0.2, 0) is 5.41 Å². The van der Waals surface area contributed by atoms with Crippen LogP contribution in [0.4, 0.5) is 0 Å². The molecule has 1 aliphatic heterocycles. The summed E-state index contributed by atoms with van der Waals surface area (Å²) >= 11 is 0. The van der Waals surface area contributed by atoms with Crippen LogP contribution >= 0.6 is 0 Å². The van der Waals surface area contributed by atoms with Crippen molar-refractivity contribution in [2.45, 2.75) is 64.7 Å². The number of nitrogens with two attached hydrogens (primary N) is 1. The van der Waals surface area contributed by atoms with E-state index in [9.17, 15) is 4.79 Å². The molecule has 0 amide bonds. The van der Waals surface area contributed by atoms with Gasteiger partial charge in [0.05, 0.1) is 20.3 Å². The number of hydrogen-bond acceptors (Lipinski definition) is 5. The molecule has 2 aromatic carbocycles. The number of amidine groups is 1. The van der Waals surface area contributed by atoms with E-state index in [2.05, 4.69) is 39.8 Å². The molecule has 6 nitrogen and oxygen atoms in total. The second kappa shape index (κ2) is 12.4. The number of carbonyl (C=O) groups is 1. The third-order valence-corrected chi connectivity index (χ3v) is 6.96. The summed E-state index contributed by atoms with van der Waals surface area (Å²) in [4.78, 5) is 15.6. The van der Waals surface area contributed by atoms with Gasteiger partial charge in [-0.1, -0.05) is 64.4 Å². The third-order valence-electron chi connectivity index (χ3n) is 6.96. The average molecular weight is 494 g/mol. The minimum absolute atomic E-state index is 0.0105. The van der Waals surface area contributed by atoms with E-state index >= 15 is 0 Å². The molecule has 2 aromatic rings. The molecule has 1 saturated heterocycles. The number of ketones is 1. The molecule has 2 unspecified atom stereocenters. The van der Waals surface area contributed by atoms with E-state index in [1.165, 1.54) is 0 Å². The van der Waals surface area contributed by atoms with Gasteiger partial charge in [-0.15, -0.1) is 0 Å². The molecule has 36 heavy (non-hydrogen) atoms. The molecule has 1 heterocycles. The minimum Gasteiger partial charge on any atom is -0.493 e. The quantitative estimate of drug-likeness (QED) is 0.289. The minimum atomic E-state index is -0.234. The average Bonchev–Trinajstić information content (AvgIpc) is 3.15. The highest BCUT2D eigenvalue weighted by atomic mass is 16.5. The molecular weight excluding hydrogens is 450 g/mol. The van der Waals surface area contributed by atoms with Gasteiger partial charge < -0.3 is 20.1 Å². The van der Waals surface area contributed by atoms with Gasteiger partial charge in [0.1, 0.15) is 5.84 Å². The smallest absolute Gasteiger partial charge is 0.182 e. The standard InChI is InChI=1S/C30H43N3O3/c1-6-12-22-19-33(29(32)27(22)21-13-8-7-9-14-21)20-25(34)23-17-24(30(2,3)4)28(35-5)26(18-23)36-16-11-10-15-31/h7-9,13-14,17-18,22,27,32H,6,10-12,15-16,19-20,31H2,1-5H3. The SMILES string of the molecule is CCCC1CN(CC(=O)c2cc(OCCCCN)c(OC)c(C(C)(C)C)c2)C(=N)C1c1ccccc1. The molecule has 0 saturated carbocycles. The predicted octanol–water partition coefficient (Wildman–Crippen LogP) is 5.79. The number of nitrogens with zero attached hydrogens (tertiary/aromatic N) is 1. The van der Waals surface area contributed by atoms with Crippen LogP contribution in [0.2, 0.25) is 0 Å². The van der Waals surface area contributed by atoms with E-state index < -0.39 is 0 Å². The Balaban J connectivity index is 1.88. The molecule has 0 aromatic heterocycles. The van der Waals surface area contributed by atoms with Gasteiger partial charge in [-0.25, -0.2) is 0 Å². The summed E-state index contributed by atoms with van der Waals surface area (Å²) in [6.45, 7) is 10.5. The summed E-state index contributed by atoms with van der Waals surface area (Å²) in [6.07, 6.45) is 3.81. The van der Waals surface area contributed by atoms with E-state index in [0.29, 0.717) is 42.0 Å². The van der Waals surface area contributed by atoms with E-state index in [1.807, 2.05) is 29.2 Å². The van der Waals surface area contributed by atoms with Crippen molar-refractivity contribution < 1.29 is 14.3 Å². The highest BCUT2D eigenvalue weighted by molar-refractivity contribution is 6.01. The zero-order valence-corrected chi connectivity index (χ0v) is 22.6. The molecule has 6 heteroatoms. The van der Waals surface area contributed by atoms with Crippen LogP contribution in [0.5, 0.6) is 11.5 Å². The number of nitrogens with one attached hydrogen (secondary N) is 1. The van der Waals surface area contributed by atoms with Gasteiger partial charge in [0, 0.05) is 23.6 Å². The van der Waals surface area contributed by atoms with Gasteiger partial charge in [0.25, 0.3) is 0 Å². The number of benzene rings is 2. The molecule has 2 atom stereocenters. The van der Waals surface area contributed by atoms with Crippen molar-refractivity contribution in [3.8, 4) is 11.5 Å². The maximum absolute atomic E-state index is 13.6. The summed E-state index contributed by atoms with van der Waals surface area (Å²) in [7, 11) is 1.64. The lowest BCUT2D eigenvalue weighted by Gasteiger charge is -2.25. The first-order chi connectivity index (χ1) is 17.2. The number of methoxy groups -OCH3 is 1. The zero-order chi connectivity index (χ0) is 26.3. The van der Waals surface area contributed by atoms with Crippen molar-refractivity contribution >= 4 is 11.6 Å². The summed E-state index contributed by atoms with van der Waals surface area (Å²) in [6, 6.07) is 14.0. The topological polar surface area (TPSA) is 88.6 Å². The van der Waals surface area contributed by atoms with Gasteiger partial charge in [-0.05, 0) is 54.8 Å². The Labute approximate surface area is 216 Å². The number of ether oxygens (including phenoxy) is 2. The van der Waals surface area contributed by atoms with Crippen molar-refractivity contribution in [1.82, 2.24) is 4.90 Å². The maximum Gasteiger partial charge on any atom is 0.182 e. The molecule has 0 spiro atoms. The highest BCUT2D eigenvalue weighted by Gasteiger charge is 2.38. The Morgan fingerprint density at radius 2 is 1.89 bits per heavy atom. The largest absolute Gasteiger partial charge is 0.493 e. The summed E-state index contributed by atoms with van der Waals surface area (Å²) in [5.74, 6) is 2.15. The predicted molar refractivity (Wildman–Crippen MR) is 147 cm³/mol. The van der Waals surface area contributed by atoms with E-state index in [0.717, 1.165) is 43.4 Å². The van der Waals surface area contributed by atoms with Crippen molar-refractivity contribution in [2.24, 2.45) is 11.7 Å². The molecular formula is C30H43N3O3. The number of carbonyl (C=O) groups excluding carboxylic acids is 1. The van der Waals surface area contributed by atoms with Crippen molar-refractivity contribution in [3.63, 3.8) is 0 Å². The fourth-order valence-electron chi connectivity index (χ4n) is 5.11. The molecule has 1 aliphatic rings. The molecule has 0 bridgehead atoms. The van der Waals surface area contributed by atoms with Gasteiger partial charge in [-0.3, -0.25) is 10.2 Å². The van der Waals surface area contributed by atoms with Crippen molar-refractivity contribution in [3.05, 3.63) is 59.2 Å². The van der Waals surface area contributed by atoms with Crippen molar-refractivity contribution in [2.75, 3.05) is 33.4 Å². The Bertz CT molecular complexity index is 1030. The number of hydrogen-bond donors (Lipinski definition) is 2. The lowest BCUT2D eigenvalue weighted by atomic mass is 9.84. The Kier molecular flexibility index (Phi) is 9.55. The van der Waals surface area contributed by atoms with Crippen LogP contribution in [-0.4, -0.2) is 49.9 Å². The second-order valence-corrected chi connectivity index (χ2v) is 10.8. The van der Waals surface area contributed by atoms with Gasteiger partial charge in [-0.2, -0.15) is 0 Å². The molecule has 1 fully saturated rings. The van der Waals surface area contributed by atoms with E-state index in [4.69, 9.17) is 20.6 Å².